The largest absolute Gasteiger partial charge is 0.352 e. The van der Waals surface area contributed by atoms with Crippen LogP contribution in [0.4, 0.5) is 0 Å². The number of aromatic nitrogens is 1. The van der Waals surface area contributed by atoms with Crippen LogP contribution in [0.3, 0.4) is 0 Å². The van der Waals surface area contributed by atoms with Gasteiger partial charge < -0.3 is 5.32 Å². The standard InChI is InChI=1S/C21H25N3OS2/c1-3-24(4-2)14-17-9-7-16(8-10-17)13-22-20(25)12-18-15-27-21(23-18)19-6-5-11-26-19/h5-11,15H,3-4,12-14H2,1-2H3,(H,22,25). The lowest BCUT2D eigenvalue weighted by Gasteiger charge is -2.18. The van der Waals surface area contributed by atoms with Crippen molar-refractivity contribution >= 4 is 28.6 Å². The van der Waals surface area contributed by atoms with E-state index in [1.54, 1.807) is 22.7 Å². The highest BCUT2D eigenvalue weighted by atomic mass is 32.1. The molecule has 0 fully saturated rings. The fourth-order valence-corrected chi connectivity index (χ4v) is 4.43. The summed E-state index contributed by atoms with van der Waals surface area (Å²) in [5.74, 6) is 0.00486. The molecule has 3 rings (SSSR count). The van der Waals surface area contributed by atoms with Gasteiger partial charge in [-0.25, -0.2) is 4.98 Å². The highest BCUT2D eigenvalue weighted by Gasteiger charge is 2.09. The maximum absolute atomic E-state index is 12.2. The molecule has 0 radical (unpaired) electrons. The summed E-state index contributed by atoms with van der Waals surface area (Å²) in [4.78, 5) is 20.3. The lowest BCUT2D eigenvalue weighted by Crippen LogP contribution is -2.24. The molecule has 2 heterocycles. The first-order valence-electron chi connectivity index (χ1n) is 9.23. The van der Waals surface area contributed by atoms with Crippen LogP contribution in [-0.2, 0) is 24.3 Å². The normalized spacial score (nSPS) is 11.1. The molecule has 0 saturated carbocycles. The number of hydrogen-bond acceptors (Lipinski definition) is 5. The second kappa shape index (κ2) is 9.78. The smallest absolute Gasteiger partial charge is 0.226 e. The lowest BCUT2D eigenvalue weighted by molar-refractivity contribution is -0.120. The third kappa shape index (κ3) is 5.73. The number of benzene rings is 1. The predicted octanol–water partition coefficient (Wildman–Crippen LogP) is 4.57. The third-order valence-electron chi connectivity index (χ3n) is 4.44. The van der Waals surface area contributed by atoms with E-state index >= 15 is 0 Å². The van der Waals surface area contributed by atoms with Crippen LogP contribution in [0.2, 0.25) is 0 Å². The van der Waals surface area contributed by atoms with Crippen LogP contribution >= 0.6 is 22.7 Å². The second-order valence-electron chi connectivity index (χ2n) is 6.35. The van der Waals surface area contributed by atoms with Crippen molar-refractivity contribution in [3.05, 3.63) is 64.0 Å². The van der Waals surface area contributed by atoms with Crippen molar-refractivity contribution in [1.29, 1.82) is 0 Å². The van der Waals surface area contributed by atoms with Crippen LogP contribution in [-0.4, -0.2) is 28.9 Å². The van der Waals surface area contributed by atoms with Gasteiger partial charge in [0.25, 0.3) is 0 Å². The molecule has 0 atom stereocenters. The van der Waals surface area contributed by atoms with Gasteiger partial charge in [-0.15, -0.1) is 22.7 Å². The summed E-state index contributed by atoms with van der Waals surface area (Å²) in [5.41, 5.74) is 3.25. The molecule has 1 amide bonds. The van der Waals surface area contributed by atoms with E-state index in [1.165, 1.54) is 5.56 Å². The first-order chi connectivity index (χ1) is 13.2. The zero-order chi connectivity index (χ0) is 19.1. The molecule has 0 spiro atoms. The summed E-state index contributed by atoms with van der Waals surface area (Å²) < 4.78 is 0. The zero-order valence-corrected chi connectivity index (χ0v) is 17.4. The molecule has 0 aliphatic rings. The Bertz CT molecular complexity index is 837. The van der Waals surface area contributed by atoms with Gasteiger partial charge in [0.15, 0.2) is 0 Å². The quantitative estimate of drug-likeness (QED) is 0.573. The van der Waals surface area contributed by atoms with Gasteiger partial charge in [-0.3, -0.25) is 9.69 Å². The fraction of sp³-hybridized carbons (Fsp3) is 0.333. The van der Waals surface area contributed by atoms with E-state index in [1.807, 2.05) is 16.8 Å². The van der Waals surface area contributed by atoms with Crippen molar-refractivity contribution in [1.82, 2.24) is 15.2 Å². The summed E-state index contributed by atoms with van der Waals surface area (Å²) in [5, 5.41) is 7.98. The Morgan fingerprint density at radius 3 is 2.48 bits per heavy atom. The Kier molecular flexibility index (Phi) is 7.15. The molecule has 6 heteroatoms. The zero-order valence-electron chi connectivity index (χ0n) is 15.8. The number of thiophene rings is 1. The van der Waals surface area contributed by atoms with E-state index in [2.05, 4.69) is 59.4 Å². The molecular formula is C21H25N3OS2. The van der Waals surface area contributed by atoms with Gasteiger partial charge in [-0.05, 0) is 35.7 Å². The van der Waals surface area contributed by atoms with Gasteiger partial charge in [-0.2, -0.15) is 0 Å². The summed E-state index contributed by atoms with van der Waals surface area (Å²) >= 11 is 3.26. The molecule has 27 heavy (non-hydrogen) atoms. The number of thiazole rings is 1. The first-order valence-corrected chi connectivity index (χ1v) is 11.0. The highest BCUT2D eigenvalue weighted by molar-refractivity contribution is 7.20. The van der Waals surface area contributed by atoms with Crippen molar-refractivity contribution in [2.24, 2.45) is 0 Å². The van der Waals surface area contributed by atoms with Gasteiger partial charge in [0, 0.05) is 18.5 Å². The van der Waals surface area contributed by atoms with Gasteiger partial charge in [-0.1, -0.05) is 44.2 Å². The minimum Gasteiger partial charge on any atom is -0.352 e. The number of rotatable bonds is 9. The minimum absolute atomic E-state index is 0.00486. The molecule has 1 aromatic carbocycles. The van der Waals surface area contributed by atoms with E-state index < -0.39 is 0 Å². The Balaban J connectivity index is 1.48. The van der Waals surface area contributed by atoms with Crippen LogP contribution in [0.15, 0.2) is 47.2 Å². The predicted molar refractivity (Wildman–Crippen MR) is 114 cm³/mol. The molecule has 0 bridgehead atoms. The molecule has 0 aliphatic carbocycles. The van der Waals surface area contributed by atoms with Crippen molar-refractivity contribution < 1.29 is 4.79 Å². The average Bonchev–Trinajstić information content (AvgIpc) is 3.37. The Morgan fingerprint density at radius 2 is 1.81 bits per heavy atom. The van der Waals surface area contributed by atoms with Gasteiger partial charge in [0.05, 0.1) is 17.0 Å². The number of carbonyl (C=O) groups excluding carboxylic acids is 1. The number of nitrogens with one attached hydrogen (secondary N) is 1. The lowest BCUT2D eigenvalue weighted by atomic mass is 10.1. The van der Waals surface area contributed by atoms with Gasteiger partial charge in [0.2, 0.25) is 5.91 Å². The van der Waals surface area contributed by atoms with Crippen LogP contribution in [0.1, 0.15) is 30.7 Å². The maximum Gasteiger partial charge on any atom is 0.226 e. The number of nitrogens with zero attached hydrogens (tertiary/aromatic N) is 2. The second-order valence-corrected chi connectivity index (χ2v) is 8.16. The monoisotopic (exact) mass is 399 g/mol. The molecule has 2 aromatic heterocycles. The molecule has 0 aliphatic heterocycles. The number of amides is 1. The van der Waals surface area contributed by atoms with Crippen molar-refractivity contribution in [3.8, 4) is 9.88 Å². The van der Waals surface area contributed by atoms with E-state index in [0.717, 1.165) is 40.8 Å². The van der Waals surface area contributed by atoms with Crippen LogP contribution in [0.25, 0.3) is 9.88 Å². The topological polar surface area (TPSA) is 45.2 Å². The van der Waals surface area contributed by atoms with Gasteiger partial charge in [0.1, 0.15) is 5.01 Å². The van der Waals surface area contributed by atoms with Gasteiger partial charge >= 0.3 is 0 Å². The molecule has 4 nitrogen and oxygen atoms in total. The molecule has 142 valence electrons. The Morgan fingerprint density at radius 1 is 1.07 bits per heavy atom. The van der Waals surface area contributed by atoms with E-state index in [0.29, 0.717) is 13.0 Å². The number of hydrogen-bond donors (Lipinski definition) is 1. The average molecular weight is 400 g/mol. The molecule has 0 saturated heterocycles. The molecule has 3 aromatic rings. The van der Waals surface area contributed by atoms with Crippen LogP contribution in [0, 0.1) is 0 Å². The van der Waals surface area contributed by atoms with Crippen molar-refractivity contribution in [3.63, 3.8) is 0 Å². The van der Waals surface area contributed by atoms with Crippen molar-refractivity contribution in [2.45, 2.75) is 33.4 Å². The SMILES string of the molecule is CCN(CC)Cc1ccc(CNC(=O)Cc2csc(-c3cccs3)n2)cc1. The first kappa shape index (κ1) is 19.7. The molecule has 0 unspecified atom stereocenters. The highest BCUT2D eigenvalue weighted by Crippen LogP contribution is 2.27. The third-order valence-corrected chi connectivity index (χ3v) is 6.37. The fourth-order valence-electron chi connectivity index (χ4n) is 2.80. The number of carbonyl (C=O) groups is 1. The van der Waals surface area contributed by atoms with E-state index in [4.69, 9.17) is 0 Å². The van der Waals surface area contributed by atoms with E-state index in [9.17, 15) is 4.79 Å². The minimum atomic E-state index is 0.00486. The summed E-state index contributed by atoms with van der Waals surface area (Å²) in [6.45, 7) is 7.98. The van der Waals surface area contributed by atoms with Crippen molar-refractivity contribution in [2.75, 3.05) is 13.1 Å². The summed E-state index contributed by atoms with van der Waals surface area (Å²) in [6.07, 6.45) is 0.321. The Hall–Kier alpha value is -2.02. The Labute approximate surface area is 168 Å². The molecule has 1 N–H and O–H groups in total. The summed E-state index contributed by atoms with van der Waals surface area (Å²) in [7, 11) is 0. The van der Waals surface area contributed by atoms with Crippen LogP contribution < -0.4 is 5.32 Å². The summed E-state index contributed by atoms with van der Waals surface area (Å²) in [6, 6.07) is 12.5. The molecular weight excluding hydrogens is 374 g/mol. The van der Waals surface area contributed by atoms with Crippen LogP contribution in [0.5, 0.6) is 0 Å². The van der Waals surface area contributed by atoms with E-state index in [-0.39, 0.29) is 5.91 Å². The maximum atomic E-state index is 12.2.